The van der Waals surface area contributed by atoms with Gasteiger partial charge in [0.25, 0.3) is 11.7 Å². The van der Waals surface area contributed by atoms with E-state index < -0.39 is 116 Å². The number of halogens is 17. The second-order valence-corrected chi connectivity index (χ2v) is 29.7. The Morgan fingerprint density at radius 3 is 1.04 bits per heavy atom. The highest BCUT2D eigenvalue weighted by Gasteiger charge is 2.76. The number of esters is 1. The lowest BCUT2D eigenvalue weighted by Gasteiger charge is -2.40. The van der Waals surface area contributed by atoms with Crippen LogP contribution in [0.3, 0.4) is 0 Å². The largest absolute Gasteiger partial charge is 0.743 e. The topological polar surface area (TPSA) is 162 Å². The molecule has 0 heterocycles. The smallest absolute Gasteiger partial charge is 0.454 e. The Balaban J connectivity index is 0.000000362. The maximum atomic E-state index is 13.9. The Hall–Kier alpha value is -6.60. The highest BCUT2D eigenvalue weighted by Crippen LogP contribution is 2.49. The number of aliphatic hydroxyl groups is 1. The molecule has 0 aliphatic carbocycles. The van der Waals surface area contributed by atoms with Crippen LogP contribution in [-0.2, 0) is 61.8 Å². The van der Waals surface area contributed by atoms with Crippen molar-refractivity contribution in [2.24, 2.45) is 11.3 Å². The standard InChI is InChI=1S/C29H31F5O4S2.C18H15S.C13H20F6O3.C6H6F6O3/c1-26(2,3)19-7-13-22(14-8-19)39(23-15-9-20(10-16-23)27(4,5)6)24-17-11-21(12-18-24)38-25(28(30,31)32)29(33,34)40(35,36)37;1-4-10-16(11-5-1)19(17-12-6-2-7-13-17)18-14-8-3-9-15-18;1-6-10(4,5)9(20)22-8(7(2)3)11(21,12(14,15)16)13(17,18)19;1-2-4(7,8)15-5(9,3(13)14)6(10,11)12/h7-18,25H,1-6H3;1-15H;7-8,21H,6H2,1-5H3;2H2,1H3,(H,13,14)/q;+1;;/p-1. The van der Waals surface area contributed by atoms with Gasteiger partial charge in [0.2, 0.25) is 0 Å². The zero-order valence-electron chi connectivity index (χ0n) is 53.5. The van der Waals surface area contributed by atoms with Gasteiger partial charge < -0.3 is 29.0 Å². The van der Waals surface area contributed by atoms with Crippen molar-refractivity contribution in [3.8, 4) is 5.75 Å². The molecule has 0 aliphatic rings. The number of carbonyl (C=O) groups is 2. The molecule has 3 atom stereocenters. The lowest BCUT2D eigenvalue weighted by Crippen LogP contribution is -2.66. The molecule has 10 nitrogen and oxygen atoms in total. The van der Waals surface area contributed by atoms with Gasteiger partial charge in [-0.3, -0.25) is 9.53 Å². The van der Waals surface area contributed by atoms with E-state index in [4.69, 9.17) is 0 Å². The van der Waals surface area contributed by atoms with E-state index in [9.17, 15) is 107 Å². The van der Waals surface area contributed by atoms with Crippen molar-refractivity contribution in [1.29, 1.82) is 0 Å². The van der Waals surface area contributed by atoms with E-state index in [0.29, 0.717) is 11.8 Å². The third-order valence-corrected chi connectivity index (χ3v) is 19.3. The quantitative estimate of drug-likeness (QED) is 0.0357. The van der Waals surface area contributed by atoms with Gasteiger partial charge in [-0.25, -0.2) is 8.42 Å². The number of hydrogen-bond acceptors (Lipinski definition) is 10. The van der Waals surface area contributed by atoms with Crippen molar-refractivity contribution >= 4 is 43.8 Å². The number of benzene rings is 6. The molecule has 3 unspecified atom stereocenters. The predicted molar refractivity (Wildman–Crippen MR) is 323 cm³/mol. The van der Waals surface area contributed by atoms with Crippen molar-refractivity contribution in [2.75, 3.05) is 0 Å². The first-order valence-electron chi connectivity index (χ1n) is 28.7. The van der Waals surface area contributed by atoms with Crippen LogP contribution in [0.5, 0.6) is 5.75 Å². The molecule has 30 heteroatoms. The molecule has 96 heavy (non-hydrogen) atoms. The molecule has 6 aromatic rings. The molecule has 6 rings (SSSR count). The minimum atomic E-state index is -6.65. The summed E-state index contributed by atoms with van der Waals surface area (Å²) in [6.07, 6.45) is -36.8. The second-order valence-electron chi connectivity index (χ2n) is 24.2. The molecule has 0 fully saturated rings. The Kier molecular flexibility index (Phi) is 27.8. The third-order valence-electron chi connectivity index (χ3n) is 14.0. The van der Waals surface area contributed by atoms with Crippen molar-refractivity contribution in [3.05, 3.63) is 175 Å². The van der Waals surface area contributed by atoms with Crippen LogP contribution < -0.4 is 9.84 Å². The minimum Gasteiger partial charge on any atom is -0.743 e. The normalized spacial score (nSPS) is 14.4. The number of aliphatic carboxylic acids is 1. The zero-order chi connectivity index (χ0) is 73.9. The number of carbonyl (C=O) groups excluding carboxylic acids is 2. The molecule has 0 saturated carbocycles. The van der Waals surface area contributed by atoms with Gasteiger partial charge in [-0.1, -0.05) is 148 Å². The monoisotopic (exact) mass is 1440 g/mol. The summed E-state index contributed by atoms with van der Waals surface area (Å²) < 4.78 is 262. The molecule has 532 valence electrons. The van der Waals surface area contributed by atoms with Crippen molar-refractivity contribution < 1.29 is 122 Å². The van der Waals surface area contributed by atoms with Gasteiger partial charge in [-0.2, -0.15) is 74.6 Å². The Morgan fingerprint density at radius 1 is 0.490 bits per heavy atom. The van der Waals surface area contributed by atoms with Gasteiger partial charge in [0.1, 0.15) is 11.7 Å². The summed E-state index contributed by atoms with van der Waals surface area (Å²) in [4.78, 5) is 28.2. The van der Waals surface area contributed by atoms with Crippen LogP contribution in [0.1, 0.15) is 107 Å². The highest BCUT2D eigenvalue weighted by molar-refractivity contribution is 7.97. The average molecular weight is 1440 g/mol. The number of hydrogen-bond donors (Lipinski definition) is 1. The van der Waals surface area contributed by atoms with Crippen molar-refractivity contribution in [3.63, 3.8) is 0 Å². The van der Waals surface area contributed by atoms with E-state index in [-0.39, 0.29) is 28.1 Å². The molecule has 0 bridgehead atoms. The Bertz CT molecular complexity index is 3360. The van der Waals surface area contributed by atoms with Gasteiger partial charge >= 0.3 is 47.9 Å². The minimum absolute atomic E-state index is 0.0146. The first kappa shape index (κ1) is 83.6. The van der Waals surface area contributed by atoms with E-state index in [0.717, 1.165) is 46.9 Å². The second kappa shape index (κ2) is 31.9. The molecule has 1 N–H and O–H groups in total. The first-order valence-corrected chi connectivity index (χ1v) is 32.5. The van der Waals surface area contributed by atoms with Gasteiger partial charge in [0, 0.05) is 6.42 Å². The molecule has 0 aromatic heterocycles. The van der Waals surface area contributed by atoms with Crippen LogP contribution in [0.4, 0.5) is 74.6 Å². The van der Waals surface area contributed by atoms with Crippen LogP contribution in [0.25, 0.3) is 0 Å². The number of rotatable bonds is 19. The van der Waals surface area contributed by atoms with E-state index in [1.54, 1.807) is 0 Å². The van der Waals surface area contributed by atoms with Crippen molar-refractivity contribution in [2.45, 2.75) is 196 Å². The van der Waals surface area contributed by atoms with Crippen molar-refractivity contribution in [1.82, 2.24) is 0 Å². The number of carboxylic acids is 1. The molecule has 0 aliphatic heterocycles. The molecular weight excluding hydrogens is 1370 g/mol. The molecule has 6 aromatic carbocycles. The van der Waals surface area contributed by atoms with Crippen LogP contribution in [0.2, 0.25) is 0 Å². The highest BCUT2D eigenvalue weighted by atomic mass is 32.2. The van der Waals surface area contributed by atoms with Gasteiger partial charge in [0.05, 0.1) is 27.2 Å². The summed E-state index contributed by atoms with van der Waals surface area (Å²) in [5.41, 5.74) is -4.35. The van der Waals surface area contributed by atoms with Crippen LogP contribution in [0.15, 0.2) is 193 Å². The maximum absolute atomic E-state index is 13.9. The van der Waals surface area contributed by atoms with Crippen LogP contribution in [-0.4, -0.2) is 89.7 Å². The maximum Gasteiger partial charge on any atom is 0.454 e. The van der Waals surface area contributed by atoms with E-state index in [2.05, 4.69) is 147 Å². The number of carboxylic acid groups (broad SMARTS) is 1. The Morgan fingerprint density at radius 2 is 0.802 bits per heavy atom. The fraction of sp³-hybridized carbons (Fsp3) is 0.424. The number of ether oxygens (including phenoxy) is 3. The molecule has 0 radical (unpaired) electrons. The van der Waals surface area contributed by atoms with Crippen LogP contribution in [0, 0.1) is 11.3 Å². The van der Waals surface area contributed by atoms with E-state index >= 15 is 0 Å². The van der Waals surface area contributed by atoms with E-state index in [1.807, 2.05) is 48.5 Å². The number of alkyl halides is 17. The Labute approximate surface area is 551 Å². The molecule has 0 spiro atoms. The van der Waals surface area contributed by atoms with Gasteiger partial charge in [-0.15, -0.1) is 0 Å². The average Bonchev–Trinajstić information content (AvgIpc) is 0.750. The molecule has 0 amide bonds. The summed E-state index contributed by atoms with van der Waals surface area (Å²) >= 11 is 0. The SMILES string of the molecule is CC(C)(C)c1ccc([S+](c2ccc(OC(C(F)(F)F)C(F)(F)S(=O)(=O)[O-])cc2)c2ccc(C(C)(C)C)cc2)cc1.CCC(C)(C)C(=O)OC(C(C)C)C(O)(C(F)(F)F)C(F)(F)F.CCC(F)(F)OC(F)(C(=O)[O-])C(F)(F)F.c1ccc([S+](c2ccccc2)c2ccccc2)cc1. The lowest BCUT2D eigenvalue weighted by atomic mass is 9.85. The molecular formula is C66H71F17O10S3. The summed E-state index contributed by atoms with van der Waals surface area (Å²) in [6, 6.07) is 53.1. The van der Waals surface area contributed by atoms with Gasteiger partial charge in [-0.05, 0) is 133 Å². The summed E-state index contributed by atoms with van der Waals surface area (Å²) in [6.45, 7) is 19.4. The first-order chi connectivity index (χ1) is 43.6. The zero-order valence-corrected chi connectivity index (χ0v) is 56.0. The third kappa shape index (κ3) is 21.7. The van der Waals surface area contributed by atoms with Gasteiger partial charge in [0.15, 0.2) is 45.6 Å². The summed E-state index contributed by atoms with van der Waals surface area (Å²) in [5.74, 6) is -12.3. The predicted octanol–water partition coefficient (Wildman–Crippen LogP) is 17.4. The fourth-order valence-corrected chi connectivity index (χ4v) is 12.6. The lowest BCUT2D eigenvalue weighted by molar-refractivity contribution is -0.432. The van der Waals surface area contributed by atoms with E-state index in [1.165, 1.54) is 47.6 Å². The summed E-state index contributed by atoms with van der Waals surface area (Å²) in [7, 11) is -7.39. The summed E-state index contributed by atoms with van der Waals surface area (Å²) in [5, 5.41) is 13.4. The molecule has 0 saturated heterocycles. The van der Waals surface area contributed by atoms with Crippen LogP contribution >= 0.6 is 0 Å². The fourth-order valence-electron chi connectivity index (χ4n) is 8.02.